The monoisotopic (exact) mass is 838 g/mol. The molecule has 4 aromatic heterocycles. The molecule has 1 radical (unpaired) electrons. The predicted molar refractivity (Wildman–Crippen MR) is 203 cm³/mol. The smallest absolute Gasteiger partial charge is 0.129 e. The van der Waals surface area contributed by atoms with Crippen LogP contribution in [-0.4, -0.2) is 19.5 Å². The third kappa shape index (κ3) is 5.69. The fourth-order valence-corrected chi connectivity index (χ4v) is 6.70. The number of furan rings is 1. The number of hydrogen-bond donors (Lipinski definition) is 0. The van der Waals surface area contributed by atoms with E-state index in [1.165, 1.54) is 17.0 Å². The van der Waals surface area contributed by atoms with Gasteiger partial charge in [-0.15, -0.1) is 54.1 Å². The van der Waals surface area contributed by atoms with Crippen LogP contribution in [0.15, 0.2) is 150 Å². The molecule has 51 heavy (non-hydrogen) atoms. The molecular weight excluding hydrogens is 805 g/mol. The number of hydrogen-bond acceptors (Lipinski definition) is 4. The molecule has 4 heterocycles. The van der Waals surface area contributed by atoms with E-state index in [9.17, 15) is 0 Å². The Morgan fingerprint density at radius 1 is 0.686 bits per heavy atom. The Morgan fingerprint density at radius 2 is 1.49 bits per heavy atom. The largest absolute Gasteiger partial charge is 0.500 e. The quantitative estimate of drug-likeness (QED) is 0.131. The molecule has 10 rings (SSSR count). The second-order valence-electron chi connectivity index (χ2n) is 12.1. The summed E-state index contributed by atoms with van der Waals surface area (Å²) in [7, 11) is 0. The topological polar surface area (TPSA) is 56.7 Å². The van der Waals surface area contributed by atoms with E-state index >= 15 is 0 Å². The Kier molecular flexibility index (Phi) is 7.58. The summed E-state index contributed by atoms with van der Waals surface area (Å²) in [6.45, 7) is -0.0941. The Balaban J connectivity index is 0.000000206. The number of aryl methyl sites for hydroxylation is 2. The minimum atomic E-state index is -2.09. The summed E-state index contributed by atoms with van der Waals surface area (Å²) in [4.78, 5) is 13.7. The molecule has 0 unspecified atom stereocenters. The van der Waals surface area contributed by atoms with Crippen LogP contribution in [0.3, 0.4) is 0 Å². The van der Waals surface area contributed by atoms with Gasteiger partial charge in [0.2, 0.25) is 0 Å². The number of imidazole rings is 1. The average molecular weight is 838 g/mol. The van der Waals surface area contributed by atoms with Crippen LogP contribution in [0, 0.1) is 25.9 Å². The third-order valence-electron chi connectivity index (χ3n) is 9.05. The van der Waals surface area contributed by atoms with Gasteiger partial charge in [-0.25, -0.2) is 0 Å². The fourth-order valence-electron chi connectivity index (χ4n) is 6.70. The Bertz CT molecular complexity index is 2940. The van der Waals surface area contributed by atoms with Gasteiger partial charge in [-0.05, 0) is 59.4 Å². The van der Waals surface area contributed by atoms with Gasteiger partial charge in [0, 0.05) is 53.1 Å². The summed E-state index contributed by atoms with van der Waals surface area (Å²) in [5.74, 6) is 0.788. The van der Waals surface area contributed by atoms with E-state index in [2.05, 4.69) is 93.4 Å². The molecule has 10 aromatic rings. The van der Waals surface area contributed by atoms with Crippen molar-refractivity contribution >= 4 is 54.5 Å². The number of nitrogens with zero attached hydrogens (tertiary/aromatic N) is 4. The zero-order chi connectivity index (χ0) is 36.1. The summed E-state index contributed by atoms with van der Waals surface area (Å²) >= 11 is 0. The number of para-hydroxylation sites is 1. The van der Waals surface area contributed by atoms with Crippen molar-refractivity contribution in [3.05, 3.63) is 169 Å². The number of benzene rings is 6. The first-order valence-corrected chi connectivity index (χ1v) is 16.4. The van der Waals surface area contributed by atoms with Crippen molar-refractivity contribution in [2.75, 3.05) is 0 Å². The van der Waals surface area contributed by atoms with E-state index < -0.39 is 6.85 Å². The van der Waals surface area contributed by atoms with Crippen LogP contribution in [-0.2, 0) is 20.1 Å². The van der Waals surface area contributed by atoms with Crippen molar-refractivity contribution in [1.82, 2.24) is 19.5 Å². The molecule has 6 aromatic carbocycles. The first-order valence-electron chi connectivity index (χ1n) is 17.9. The third-order valence-corrected chi connectivity index (χ3v) is 9.05. The molecule has 0 fully saturated rings. The van der Waals surface area contributed by atoms with Crippen LogP contribution in [0.2, 0.25) is 0 Å². The van der Waals surface area contributed by atoms with Crippen molar-refractivity contribution < 1.29 is 28.6 Å². The molecular formula is C45H30IrN4O-2. The molecule has 247 valence electrons. The van der Waals surface area contributed by atoms with Gasteiger partial charge < -0.3 is 14.0 Å². The molecule has 5 nitrogen and oxygen atoms in total. The van der Waals surface area contributed by atoms with E-state index in [1.54, 1.807) is 18.2 Å². The van der Waals surface area contributed by atoms with Crippen molar-refractivity contribution in [3.8, 4) is 28.3 Å². The number of aromatic nitrogens is 4. The molecule has 0 saturated carbocycles. The molecule has 0 atom stereocenters. The molecule has 0 N–H and O–H groups in total. The van der Waals surface area contributed by atoms with E-state index in [1.807, 2.05) is 61.7 Å². The van der Waals surface area contributed by atoms with E-state index in [0.717, 1.165) is 77.8 Å². The van der Waals surface area contributed by atoms with Gasteiger partial charge in [0.05, 0.1) is 28.1 Å². The zero-order valence-electron chi connectivity index (χ0n) is 30.4. The summed E-state index contributed by atoms with van der Waals surface area (Å²) < 4.78 is 30.7. The minimum absolute atomic E-state index is 0. The van der Waals surface area contributed by atoms with Crippen LogP contribution < -0.4 is 0 Å². The molecule has 0 spiro atoms. The van der Waals surface area contributed by atoms with Crippen molar-refractivity contribution in [1.29, 1.82) is 0 Å². The van der Waals surface area contributed by atoms with Gasteiger partial charge in [0.1, 0.15) is 5.58 Å². The second kappa shape index (κ2) is 13.4. The van der Waals surface area contributed by atoms with Gasteiger partial charge in [-0.3, -0.25) is 9.97 Å². The van der Waals surface area contributed by atoms with Crippen molar-refractivity contribution in [2.24, 2.45) is 0 Å². The molecule has 0 aliphatic carbocycles. The Labute approximate surface area is 312 Å². The van der Waals surface area contributed by atoms with Gasteiger partial charge in [0.25, 0.3) is 0 Å². The Hall–Kier alpha value is -5.94. The van der Waals surface area contributed by atoms with Crippen LogP contribution in [0.5, 0.6) is 0 Å². The maximum absolute atomic E-state index is 7.23. The summed E-state index contributed by atoms with van der Waals surface area (Å²) in [6.07, 6.45) is 3.23. The first kappa shape index (κ1) is 28.9. The SMILES string of the molecule is Cc1nccc2c1nc(-c1[c-]ccc3c1oc1c3ccc3ccc4ccccc4c31)n2-c1ccccc1.[2H]C([2H])([2H])c1ccc(-c2[c-]cccc2)nc1.[Ir]. The summed E-state index contributed by atoms with van der Waals surface area (Å²) in [5, 5.41) is 6.83. The maximum Gasteiger partial charge on any atom is 0.129 e. The van der Waals surface area contributed by atoms with Gasteiger partial charge in [0.15, 0.2) is 0 Å². The molecule has 0 aliphatic rings. The van der Waals surface area contributed by atoms with E-state index in [-0.39, 0.29) is 25.7 Å². The summed E-state index contributed by atoms with van der Waals surface area (Å²) in [6, 6.07) is 50.8. The molecule has 6 heteroatoms. The summed E-state index contributed by atoms with van der Waals surface area (Å²) in [5.41, 5.74) is 8.17. The normalized spacial score (nSPS) is 12.3. The minimum Gasteiger partial charge on any atom is -0.500 e. The van der Waals surface area contributed by atoms with Crippen LogP contribution in [0.25, 0.3) is 82.8 Å². The number of pyridine rings is 2. The molecule has 0 bridgehead atoms. The maximum atomic E-state index is 7.23. The first-order chi connectivity index (χ1) is 25.8. The van der Waals surface area contributed by atoms with Crippen molar-refractivity contribution in [2.45, 2.75) is 13.8 Å². The molecule has 0 aliphatic heterocycles. The van der Waals surface area contributed by atoms with Crippen molar-refractivity contribution in [3.63, 3.8) is 0 Å². The van der Waals surface area contributed by atoms with Crippen LogP contribution in [0.4, 0.5) is 0 Å². The van der Waals surface area contributed by atoms with E-state index in [0.29, 0.717) is 0 Å². The fraction of sp³-hybridized carbons (Fsp3) is 0.0444. The number of rotatable bonds is 3. The van der Waals surface area contributed by atoms with Gasteiger partial charge >= 0.3 is 0 Å². The molecule has 0 amide bonds. The van der Waals surface area contributed by atoms with Gasteiger partial charge in [-0.1, -0.05) is 89.8 Å². The second-order valence-corrected chi connectivity index (χ2v) is 12.1. The number of fused-ring (bicyclic) bond motifs is 8. The standard InChI is InChI=1S/C33H20N3O.C12H10N.Ir/c1-20-30-28(18-19-34-20)36(23-9-3-2-4-10-23)33(35-30)27-13-7-12-25-26-17-16-22-15-14-21-8-5-6-11-24(21)29(22)32(26)37-31(25)27;1-10-7-8-12(13-9-10)11-5-3-2-4-6-11;/h2-12,14-19H,1H3;2-5,7-9H,1H3;/q2*-1;/i;1D3;. The zero-order valence-corrected chi connectivity index (χ0v) is 29.8. The van der Waals surface area contributed by atoms with Crippen LogP contribution in [0.1, 0.15) is 15.4 Å². The van der Waals surface area contributed by atoms with Gasteiger partial charge in [-0.2, -0.15) is 0 Å². The molecule has 0 saturated heterocycles. The van der Waals surface area contributed by atoms with Crippen LogP contribution >= 0.6 is 0 Å². The Morgan fingerprint density at radius 3 is 2.31 bits per heavy atom. The van der Waals surface area contributed by atoms with E-state index in [4.69, 9.17) is 13.5 Å². The average Bonchev–Trinajstić information content (AvgIpc) is 3.78. The predicted octanol–water partition coefficient (Wildman–Crippen LogP) is 11.3.